The Morgan fingerprint density at radius 2 is 1.87 bits per heavy atom. The third-order valence-corrected chi connectivity index (χ3v) is 3.60. The minimum absolute atomic E-state index is 0.414. The van der Waals surface area contributed by atoms with Crippen LogP contribution in [0.1, 0.15) is 22.5 Å². The lowest BCUT2D eigenvalue weighted by atomic mass is 10.1. The number of aromatic nitrogens is 2. The number of ether oxygens (including phenoxy) is 1. The Labute approximate surface area is 135 Å². The van der Waals surface area contributed by atoms with Crippen LogP contribution >= 0.6 is 0 Å². The largest absolute Gasteiger partial charge is 0.383 e. The molecule has 5 nitrogen and oxygen atoms in total. The van der Waals surface area contributed by atoms with Gasteiger partial charge in [-0.3, -0.25) is 0 Å². The van der Waals surface area contributed by atoms with Crippen LogP contribution in [0.5, 0.6) is 0 Å². The zero-order chi connectivity index (χ0) is 16.2. The van der Waals surface area contributed by atoms with Crippen molar-refractivity contribution in [2.24, 2.45) is 0 Å². The first-order chi connectivity index (χ1) is 11.2. The van der Waals surface area contributed by atoms with Gasteiger partial charge in [-0.05, 0) is 24.6 Å². The van der Waals surface area contributed by atoms with E-state index >= 15 is 0 Å². The van der Waals surface area contributed by atoms with Crippen molar-refractivity contribution in [3.63, 3.8) is 0 Å². The summed E-state index contributed by atoms with van der Waals surface area (Å²) in [5.74, 6) is 1.04. The number of rotatable bonds is 5. The summed E-state index contributed by atoms with van der Waals surface area (Å²) in [6.07, 6.45) is 0.721. The second kappa shape index (κ2) is 6.62. The number of anilines is 1. The molecule has 3 aromatic rings. The number of benzene rings is 1. The first-order valence-corrected chi connectivity index (χ1v) is 7.41. The van der Waals surface area contributed by atoms with Gasteiger partial charge in [0.15, 0.2) is 5.76 Å². The number of hydrogen-bond donors (Lipinski definition) is 1. The Bertz CT molecular complexity index is 794. The van der Waals surface area contributed by atoms with E-state index in [-0.39, 0.29) is 0 Å². The quantitative estimate of drug-likeness (QED) is 0.782. The Hall–Kier alpha value is -2.66. The van der Waals surface area contributed by atoms with Crippen LogP contribution in [0.4, 0.5) is 5.82 Å². The van der Waals surface area contributed by atoms with E-state index in [0.29, 0.717) is 18.2 Å². The number of methoxy groups -OCH3 is 1. The number of aryl methyl sites for hydroxylation is 1. The maximum atomic E-state index is 6.01. The van der Waals surface area contributed by atoms with Gasteiger partial charge in [0.05, 0.1) is 23.6 Å². The van der Waals surface area contributed by atoms with Crippen LogP contribution in [0.3, 0.4) is 0 Å². The summed E-state index contributed by atoms with van der Waals surface area (Å²) < 4.78 is 10.5. The monoisotopic (exact) mass is 309 g/mol. The fourth-order valence-corrected chi connectivity index (χ4v) is 2.39. The van der Waals surface area contributed by atoms with Crippen molar-refractivity contribution in [3.05, 3.63) is 65.0 Å². The second-order valence-electron chi connectivity index (χ2n) is 5.51. The molecule has 0 aliphatic heterocycles. The van der Waals surface area contributed by atoms with Gasteiger partial charge in [-0.15, -0.1) is 0 Å². The molecule has 3 rings (SSSR count). The van der Waals surface area contributed by atoms with Gasteiger partial charge >= 0.3 is 0 Å². The molecule has 2 N–H and O–H groups in total. The molecule has 2 aromatic heterocycles. The van der Waals surface area contributed by atoms with Crippen LogP contribution < -0.4 is 5.73 Å². The summed E-state index contributed by atoms with van der Waals surface area (Å²) in [6.45, 7) is 2.50. The highest BCUT2D eigenvalue weighted by Gasteiger charge is 2.12. The van der Waals surface area contributed by atoms with Crippen molar-refractivity contribution in [1.29, 1.82) is 0 Å². The lowest BCUT2D eigenvalue weighted by molar-refractivity contribution is 0.181. The average Bonchev–Trinajstić information content (AvgIpc) is 2.98. The number of nitrogen functional groups attached to an aromatic ring is 1. The molecule has 1 aromatic carbocycles. The van der Waals surface area contributed by atoms with Gasteiger partial charge in [0.2, 0.25) is 0 Å². The van der Waals surface area contributed by atoms with Crippen LogP contribution in [0.25, 0.3) is 11.3 Å². The number of pyridine rings is 1. The van der Waals surface area contributed by atoms with E-state index in [1.54, 1.807) is 7.11 Å². The van der Waals surface area contributed by atoms with E-state index in [4.69, 9.17) is 15.0 Å². The minimum atomic E-state index is 0.414. The van der Waals surface area contributed by atoms with Gasteiger partial charge < -0.3 is 15.0 Å². The van der Waals surface area contributed by atoms with E-state index in [0.717, 1.165) is 23.4 Å². The molecule has 118 valence electrons. The van der Waals surface area contributed by atoms with Crippen molar-refractivity contribution in [2.75, 3.05) is 12.8 Å². The lowest BCUT2D eigenvalue weighted by Gasteiger charge is -2.03. The summed E-state index contributed by atoms with van der Waals surface area (Å²) in [7, 11) is 1.62. The molecule has 0 fully saturated rings. The summed E-state index contributed by atoms with van der Waals surface area (Å²) in [6, 6.07) is 14.0. The van der Waals surface area contributed by atoms with Gasteiger partial charge in [-0.1, -0.05) is 35.0 Å². The first kappa shape index (κ1) is 15.2. The van der Waals surface area contributed by atoms with Gasteiger partial charge in [0.25, 0.3) is 0 Å². The number of nitrogens with zero attached hydrogens (tertiary/aromatic N) is 2. The average molecular weight is 309 g/mol. The van der Waals surface area contributed by atoms with E-state index in [9.17, 15) is 0 Å². The van der Waals surface area contributed by atoms with Crippen LogP contribution in [-0.2, 0) is 17.8 Å². The van der Waals surface area contributed by atoms with Crippen molar-refractivity contribution < 1.29 is 9.26 Å². The van der Waals surface area contributed by atoms with Crippen LogP contribution in [0.2, 0.25) is 0 Å². The molecular formula is C18H19N3O2. The molecule has 0 aliphatic rings. The van der Waals surface area contributed by atoms with Gasteiger partial charge in [0.1, 0.15) is 5.82 Å². The standard InChI is InChI=1S/C18H19N3O2/c1-12-3-5-13(6-4-12)9-15-10-17(23-21-15)16-8-7-14(11-22-2)20-18(16)19/h3-8,10H,9,11H2,1-2H3,(H2,19,20). The molecule has 0 amide bonds. The summed E-state index contributed by atoms with van der Waals surface area (Å²) >= 11 is 0. The predicted octanol–water partition coefficient (Wildman–Crippen LogP) is 3.36. The van der Waals surface area contributed by atoms with Crippen LogP contribution in [0, 0.1) is 6.92 Å². The van der Waals surface area contributed by atoms with Crippen molar-refractivity contribution >= 4 is 5.82 Å². The SMILES string of the molecule is COCc1ccc(-c2cc(Cc3ccc(C)cc3)no2)c(N)n1. The molecule has 0 spiro atoms. The summed E-state index contributed by atoms with van der Waals surface area (Å²) in [5, 5.41) is 4.13. The van der Waals surface area contributed by atoms with Crippen molar-refractivity contribution in [2.45, 2.75) is 20.0 Å². The fraction of sp³-hybridized carbons (Fsp3) is 0.222. The molecule has 0 saturated heterocycles. The van der Waals surface area contributed by atoms with Gasteiger partial charge in [-0.2, -0.15) is 0 Å². The minimum Gasteiger partial charge on any atom is -0.383 e. The van der Waals surface area contributed by atoms with Crippen molar-refractivity contribution in [3.8, 4) is 11.3 Å². The van der Waals surface area contributed by atoms with E-state index in [1.165, 1.54) is 11.1 Å². The highest BCUT2D eigenvalue weighted by molar-refractivity contribution is 5.69. The molecule has 5 heteroatoms. The Balaban J connectivity index is 1.80. The van der Waals surface area contributed by atoms with E-state index in [2.05, 4.69) is 41.3 Å². The van der Waals surface area contributed by atoms with Crippen LogP contribution in [0.15, 0.2) is 47.0 Å². The highest BCUT2D eigenvalue weighted by Crippen LogP contribution is 2.26. The summed E-state index contributed by atoms with van der Waals surface area (Å²) in [5.41, 5.74) is 10.8. The van der Waals surface area contributed by atoms with Gasteiger partial charge in [-0.25, -0.2) is 4.98 Å². The summed E-state index contributed by atoms with van der Waals surface area (Å²) in [4.78, 5) is 4.31. The third kappa shape index (κ3) is 3.57. The predicted molar refractivity (Wildman–Crippen MR) is 88.8 cm³/mol. The molecule has 0 aliphatic carbocycles. The number of nitrogens with two attached hydrogens (primary N) is 1. The second-order valence-corrected chi connectivity index (χ2v) is 5.51. The van der Waals surface area contributed by atoms with Gasteiger partial charge in [0, 0.05) is 19.6 Å². The zero-order valence-electron chi connectivity index (χ0n) is 13.2. The van der Waals surface area contributed by atoms with E-state index < -0.39 is 0 Å². The molecule has 0 unspecified atom stereocenters. The lowest BCUT2D eigenvalue weighted by Crippen LogP contribution is -1.99. The fourth-order valence-electron chi connectivity index (χ4n) is 2.39. The smallest absolute Gasteiger partial charge is 0.170 e. The Morgan fingerprint density at radius 3 is 2.57 bits per heavy atom. The third-order valence-electron chi connectivity index (χ3n) is 3.60. The Morgan fingerprint density at radius 1 is 1.09 bits per heavy atom. The normalized spacial score (nSPS) is 10.9. The molecular weight excluding hydrogens is 290 g/mol. The molecule has 2 heterocycles. The van der Waals surface area contributed by atoms with E-state index in [1.807, 2.05) is 18.2 Å². The maximum Gasteiger partial charge on any atom is 0.170 e. The van der Waals surface area contributed by atoms with Crippen molar-refractivity contribution in [1.82, 2.24) is 10.1 Å². The topological polar surface area (TPSA) is 74.2 Å². The molecule has 0 bridgehead atoms. The first-order valence-electron chi connectivity index (χ1n) is 7.41. The molecule has 0 atom stereocenters. The molecule has 23 heavy (non-hydrogen) atoms. The molecule has 0 saturated carbocycles. The van der Waals surface area contributed by atoms with Crippen LogP contribution in [-0.4, -0.2) is 17.3 Å². The molecule has 0 radical (unpaired) electrons. The maximum absolute atomic E-state index is 6.01. The number of hydrogen-bond acceptors (Lipinski definition) is 5. The zero-order valence-corrected chi connectivity index (χ0v) is 13.2. The Kier molecular flexibility index (Phi) is 4.39. The highest BCUT2D eigenvalue weighted by atomic mass is 16.5.